The van der Waals surface area contributed by atoms with Crippen LogP contribution in [0.5, 0.6) is 0 Å². The van der Waals surface area contributed by atoms with Crippen molar-refractivity contribution in [3.8, 4) is 0 Å². The van der Waals surface area contributed by atoms with E-state index in [9.17, 15) is 5.11 Å². The molecule has 0 bridgehead atoms. The molecule has 1 aromatic carbocycles. The number of benzene rings is 1. The Morgan fingerprint density at radius 1 is 1.20 bits per heavy atom. The molecule has 0 amide bonds. The third kappa shape index (κ3) is 2.60. The molecule has 108 valence electrons. The van der Waals surface area contributed by atoms with Gasteiger partial charge in [-0.2, -0.15) is 0 Å². The van der Waals surface area contributed by atoms with Crippen LogP contribution in [0.4, 0.5) is 0 Å². The Morgan fingerprint density at radius 2 is 1.95 bits per heavy atom. The summed E-state index contributed by atoms with van der Waals surface area (Å²) in [6.45, 7) is 0. The molecule has 2 unspecified atom stereocenters. The second-order valence-corrected chi connectivity index (χ2v) is 5.73. The fraction of sp³-hybridized carbons (Fsp3) is 0.529. The van der Waals surface area contributed by atoms with Crippen LogP contribution >= 0.6 is 0 Å². The Labute approximate surface area is 119 Å². The number of para-hydroxylation sites is 1. The van der Waals surface area contributed by atoms with Gasteiger partial charge in [-0.3, -0.25) is 0 Å². The average Bonchev–Trinajstić information content (AvgIpc) is 2.93. The molecule has 20 heavy (non-hydrogen) atoms. The lowest BCUT2D eigenvalue weighted by Crippen LogP contribution is -2.31. The van der Waals surface area contributed by atoms with Crippen LogP contribution in [0.25, 0.3) is 11.0 Å². The highest BCUT2D eigenvalue weighted by Crippen LogP contribution is 2.35. The molecule has 3 nitrogen and oxygen atoms in total. The van der Waals surface area contributed by atoms with E-state index in [4.69, 9.17) is 9.15 Å². The Hall–Kier alpha value is -1.32. The number of ether oxygens (including phenoxy) is 1. The molecule has 3 heteroatoms. The predicted octanol–water partition coefficient (Wildman–Crippen LogP) is 4.06. The molecule has 1 N–H and O–H groups in total. The number of aliphatic hydroxyl groups is 1. The Bertz CT molecular complexity index is 521. The normalized spacial score (nSPS) is 20.1. The fourth-order valence-electron chi connectivity index (χ4n) is 3.35. The first-order chi connectivity index (χ1) is 9.79. The van der Waals surface area contributed by atoms with Gasteiger partial charge in [0.25, 0.3) is 0 Å². The van der Waals surface area contributed by atoms with Crippen molar-refractivity contribution in [2.24, 2.45) is 5.92 Å². The summed E-state index contributed by atoms with van der Waals surface area (Å²) < 4.78 is 11.4. The monoisotopic (exact) mass is 274 g/mol. The Morgan fingerprint density at radius 3 is 2.65 bits per heavy atom. The minimum Gasteiger partial charge on any atom is -0.458 e. The second-order valence-electron chi connectivity index (χ2n) is 5.73. The summed E-state index contributed by atoms with van der Waals surface area (Å²) in [7, 11) is 1.69. The van der Waals surface area contributed by atoms with Gasteiger partial charge in [0.2, 0.25) is 0 Å². The summed E-state index contributed by atoms with van der Waals surface area (Å²) >= 11 is 0. The van der Waals surface area contributed by atoms with Gasteiger partial charge in [-0.25, -0.2) is 0 Å². The van der Waals surface area contributed by atoms with Crippen molar-refractivity contribution in [1.82, 2.24) is 0 Å². The summed E-state index contributed by atoms with van der Waals surface area (Å²) in [6.07, 6.45) is 5.18. The SMILES string of the molecule is COC(C1CCCCC1)C(O)c1cc2ccccc2o1. The maximum atomic E-state index is 10.6. The molecule has 1 aliphatic rings. The number of hydrogen-bond acceptors (Lipinski definition) is 3. The highest BCUT2D eigenvalue weighted by molar-refractivity contribution is 5.77. The van der Waals surface area contributed by atoms with Crippen molar-refractivity contribution in [1.29, 1.82) is 0 Å². The molecular formula is C17H22O3. The van der Waals surface area contributed by atoms with Gasteiger partial charge in [0.1, 0.15) is 17.4 Å². The number of fused-ring (bicyclic) bond motifs is 1. The van der Waals surface area contributed by atoms with Gasteiger partial charge in [0.15, 0.2) is 0 Å². The molecule has 0 saturated heterocycles. The molecule has 2 aromatic rings. The van der Waals surface area contributed by atoms with E-state index in [0.29, 0.717) is 11.7 Å². The summed E-state index contributed by atoms with van der Waals surface area (Å²) in [5.74, 6) is 1.04. The van der Waals surface area contributed by atoms with E-state index < -0.39 is 6.10 Å². The lowest BCUT2D eigenvalue weighted by Gasteiger charge is -2.31. The van der Waals surface area contributed by atoms with Gasteiger partial charge in [0.05, 0.1) is 6.10 Å². The standard InChI is InChI=1S/C17H22O3/c1-19-17(12-7-3-2-4-8-12)16(18)15-11-13-9-5-6-10-14(13)20-15/h5-6,9-12,16-18H,2-4,7-8H2,1H3. The zero-order chi connectivity index (χ0) is 13.9. The van der Waals surface area contributed by atoms with Crippen LogP contribution in [0.2, 0.25) is 0 Å². The lowest BCUT2D eigenvalue weighted by atomic mass is 9.83. The Balaban J connectivity index is 1.83. The summed E-state index contributed by atoms with van der Waals surface area (Å²) in [5, 5.41) is 11.6. The van der Waals surface area contributed by atoms with Crippen molar-refractivity contribution in [2.45, 2.75) is 44.3 Å². The zero-order valence-electron chi connectivity index (χ0n) is 11.9. The van der Waals surface area contributed by atoms with Crippen molar-refractivity contribution < 1.29 is 14.3 Å². The highest BCUT2D eigenvalue weighted by atomic mass is 16.5. The molecular weight excluding hydrogens is 252 g/mol. The van der Waals surface area contributed by atoms with E-state index in [-0.39, 0.29) is 6.10 Å². The van der Waals surface area contributed by atoms with Crippen molar-refractivity contribution in [2.75, 3.05) is 7.11 Å². The van der Waals surface area contributed by atoms with Crippen LogP contribution in [-0.2, 0) is 4.74 Å². The lowest BCUT2D eigenvalue weighted by molar-refractivity contribution is -0.0632. The molecule has 1 saturated carbocycles. The third-order valence-electron chi connectivity index (χ3n) is 4.43. The van der Waals surface area contributed by atoms with E-state index in [0.717, 1.165) is 23.8 Å². The van der Waals surface area contributed by atoms with Gasteiger partial charge < -0.3 is 14.3 Å². The number of rotatable bonds is 4. The number of aliphatic hydroxyl groups excluding tert-OH is 1. The second kappa shape index (κ2) is 5.98. The van der Waals surface area contributed by atoms with Crippen LogP contribution in [0.1, 0.15) is 44.0 Å². The van der Waals surface area contributed by atoms with E-state index in [1.54, 1.807) is 7.11 Å². The largest absolute Gasteiger partial charge is 0.458 e. The molecule has 1 fully saturated rings. The van der Waals surface area contributed by atoms with Crippen molar-refractivity contribution >= 4 is 11.0 Å². The maximum absolute atomic E-state index is 10.6. The van der Waals surface area contributed by atoms with Crippen molar-refractivity contribution in [3.05, 3.63) is 36.1 Å². The third-order valence-corrected chi connectivity index (χ3v) is 4.43. The molecule has 1 heterocycles. The van der Waals surface area contributed by atoms with E-state index in [2.05, 4.69) is 0 Å². The molecule has 1 aliphatic carbocycles. The van der Waals surface area contributed by atoms with Gasteiger partial charge in [0, 0.05) is 12.5 Å². The van der Waals surface area contributed by atoms with Gasteiger partial charge in [-0.05, 0) is 30.9 Å². The van der Waals surface area contributed by atoms with Crippen molar-refractivity contribution in [3.63, 3.8) is 0 Å². The summed E-state index contributed by atoms with van der Waals surface area (Å²) in [5.41, 5.74) is 0.819. The zero-order valence-corrected chi connectivity index (χ0v) is 11.9. The summed E-state index contributed by atoms with van der Waals surface area (Å²) in [4.78, 5) is 0. The molecule has 0 spiro atoms. The van der Waals surface area contributed by atoms with Crippen LogP contribution in [0.15, 0.2) is 34.7 Å². The first-order valence-electron chi connectivity index (χ1n) is 7.49. The van der Waals surface area contributed by atoms with E-state index in [1.807, 2.05) is 30.3 Å². The quantitative estimate of drug-likeness (QED) is 0.914. The number of hydrogen-bond donors (Lipinski definition) is 1. The number of furan rings is 1. The maximum Gasteiger partial charge on any atom is 0.138 e. The minimum absolute atomic E-state index is 0.170. The van der Waals surface area contributed by atoms with Gasteiger partial charge in [-0.15, -0.1) is 0 Å². The first-order valence-corrected chi connectivity index (χ1v) is 7.49. The summed E-state index contributed by atoms with van der Waals surface area (Å²) in [6, 6.07) is 9.76. The van der Waals surface area contributed by atoms with Crippen LogP contribution < -0.4 is 0 Å². The first kappa shape index (κ1) is 13.7. The van der Waals surface area contributed by atoms with Gasteiger partial charge >= 0.3 is 0 Å². The molecule has 0 radical (unpaired) electrons. The highest BCUT2D eigenvalue weighted by Gasteiger charge is 2.32. The molecule has 3 rings (SSSR count). The van der Waals surface area contributed by atoms with E-state index in [1.165, 1.54) is 19.3 Å². The van der Waals surface area contributed by atoms with Crippen LogP contribution in [0, 0.1) is 5.92 Å². The molecule has 2 atom stereocenters. The van der Waals surface area contributed by atoms with Crippen LogP contribution in [0.3, 0.4) is 0 Å². The smallest absolute Gasteiger partial charge is 0.138 e. The minimum atomic E-state index is -0.685. The van der Waals surface area contributed by atoms with E-state index >= 15 is 0 Å². The topological polar surface area (TPSA) is 42.6 Å². The Kier molecular flexibility index (Phi) is 4.08. The predicted molar refractivity (Wildman–Crippen MR) is 78.5 cm³/mol. The average molecular weight is 274 g/mol. The molecule has 0 aliphatic heterocycles. The number of methoxy groups -OCH3 is 1. The van der Waals surface area contributed by atoms with Gasteiger partial charge in [-0.1, -0.05) is 37.5 Å². The molecule has 1 aromatic heterocycles. The van der Waals surface area contributed by atoms with Crippen LogP contribution in [-0.4, -0.2) is 18.3 Å². The fourth-order valence-corrected chi connectivity index (χ4v) is 3.35.